The number of hydrogen-bond acceptors (Lipinski definition) is 12. The summed E-state index contributed by atoms with van der Waals surface area (Å²) in [7, 11) is 0. The molecule has 12 nitrogen and oxygen atoms in total. The summed E-state index contributed by atoms with van der Waals surface area (Å²) in [5.74, 6) is -2.99. The molecule has 24 heavy (non-hydrogen) atoms. The average Bonchev–Trinajstić information content (AvgIpc) is 2.84. The fourth-order valence-corrected chi connectivity index (χ4v) is 2.58. The second kappa shape index (κ2) is 7.41. The topological polar surface area (TPSA) is 210 Å². The lowest BCUT2D eigenvalue weighted by Gasteiger charge is -2.45. The van der Waals surface area contributed by atoms with E-state index in [1.807, 2.05) is 0 Å². The fourth-order valence-electron chi connectivity index (χ4n) is 2.58. The molecule has 0 spiro atoms. The van der Waals surface area contributed by atoms with E-state index in [4.69, 9.17) is 24.4 Å². The Bertz CT molecular complexity index is 421. The van der Waals surface area contributed by atoms with Crippen molar-refractivity contribution in [1.82, 2.24) is 0 Å². The largest absolute Gasteiger partial charge is 0.394 e. The molecule has 12 heteroatoms. The molecule has 2 unspecified atom stereocenters. The van der Waals surface area contributed by atoms with Gasteiger partial charge in [-0.2, -0.15) is 0 Å². The van der Waals surface area contributed by atoms with Gasteiger partial charge in [-0.3, -0.25) is 4.74 Å². The third kappa shape index (κ3) is 3.41. The van der Waals surface area contributed by atoms with Gasteiger partial charge in [0.25, 0.3) is 0 Å². The molecule has 0 radical (unpaired) electrons. The van der Waals surface area contributed by atoms with Gasteiger partial charge in [0.05, 0.1) is 13.2 Å². The molecule has 0 aliphatic carbocycles. The number of aliphatic hydroxyl groups is 9. The maximum absolute atomic E-state index is 10.2. The molecule has 2 heterocycles. The van der Waals surface area contributed by atoms with Crippen molar-refractivity contribution in [2.75, 3.05) is 13.2 Å². The van der Waals surface area contributed by atoms with E-state index in [-0.39, 0.29) is 0 Å². The monoisotopic (exact) mass is 358 g/mol. The van der Waals surface area contributed by atoms with Gasteiger partial charge < -0.3 is 55.4 Å². The van der Waals surface area contributed by atoms with Gasteiger partial charge in [-0.05, 0) is 0 Å². The summed E-state index contributed by atoms with van der Waals surface area (Å²) >= 11 is 0. The van der Waals surface area contributed by atoms with Crippen LogP contribution in [0.15, 0.2) is 0 Å². The Balaban J connectivity index is 2.13. The van der Waals surface area contributed by atoms with Crippen LogP contribution < -0.4 is 0 Å². The highest BCUT2D eigenvalue weighted by Crippen LogP contribution is 2.34. The van der Waals surface area contributed by atoms with Crippen molar-refractivity contribution in [1.29, 1.82) is 0 Å². The SMILES string of the molecule is OC[C@@H](O)[C@H]1OC(OC2(O)O[C@H](CO)[C@@H](O)[C@H](O)[C@H]2O)[C@H](O)[C@H]1O. The predicted molar refractivity (Wildman–Crippen MR) is 69.8 cm³/mol. The van der Waals surface area contributed by atoms with Gasteiger partial charge in [-0.1, -0.05) is 0 Å². The summed E-state index contributed by atoms with van der Waals surface area (Å²) in [4.78, 5) is 0. The molecule has 0 aromatic carbocycles. The van der Waals surface area contributed by atoms with Gasteiger partial charge in [0.2, 0.25) is 0 Å². The van der Waals surface area contributed by atoms with E-state index in [1.165, 1.54) is 0 Å². The van der Waals surface area contributed by atoms with Crippen molar-refractivity contribution in [3.8, 4) is 0 Å². The maximum atomic E-state index is 10.2. The van der Waals surface area contributed by atoms with Gasteiger partial charge in [-0.15, -0.1) is 0 Å². The lowest BCUT2D eigenvalue weighted by molar-refractivity contribution is -0.476. The second-order valence-electron chi connectivity index (χ2n) is 5.71. The minimum atomic E-state index is -2.99. The standard InChI is InChI=1S/C12H22O12/c13-1-3(15)9-6(17)8(19)11(22-9)24-12(21)10(20)7(18)5(16)4(2-14)23-12/h3-11,13-21H,1-2H2/t3-,4-,5-,6-,7+,8-,9-,10-,11?,12?/m1/s1. The molecular weight excluding hydrogens is 336 g/mol. The van der Waals surface area contributed by atoms with Gasteiger partial charge in [0.15, 0.2) is 12.4 Å². The zero-order valence-corrected chi connectivity index (χ0v) is 12.4. The summed E-state index contributed by atoms with van der Waals surface area (Å²) in [6, 6.07) is 0. The highest BCUT2D eigenvalue weighted by molar-refractivity contribution is 4.95. The molecule has 2 saturated heterocycles. The van der Waals surface area contributed by atoms with Crippen LogP contribution in [0.1, 0.15) is 0 Å². The van der Waals surface area contributed by atoms with Crippen LogP contribution in [0.2, 0.25) is 0 Å². The van der Waals surface area contributed by atoms with Gasteiger partial charge >= 0.3 is 5.97 Å². The molecule has 2 aliphatic rings. The Hall–Kier alpha value is -0.480. The Morgan fingerprint density at radius 3 is 2.12 bits per heavy atom. The quantitative estimate of drug-likeness (QED) is 0.210. The van der Waals surface area contributed by atoms with Crippen LogP contribution in [-0.2, 0) is 14.2 Å². The lowest BCUT2D eigenvalue weighted by atomic mass is 9.98. The number of aliphatic hydroxyl groups excluding tert-OH is 8. The first-order valence-corrected chi connectivity index (χ1v) is 7.19. The molecule has 0 aromatic heterocycles. The summed E-state index contributed by atoms with van der Waals surface area (Å²) in [6.45, 7) is -1.62. The molecule has 2 fully saturated rings. The van der Waals surface area contributed by atoms with Crippen molar-refractivity contribution in [2.24, 2.45) is 0 Å². The van der Waals surface area contributed by atoms with E-state index in [9.17, 15) is 35.7 Å². The normalized spacial score (nSPS) is 50.9. The van der Waals surface area contributed by atoms with Crippen molar-refractivity contribution < 1.29 is 60.2 Å². The Morgan fingerprint density at radius 1 is 0.958 bits per heavy atom. The van der Waals surface area contributed by atoms with E-state index in [0.717, 1.165) is 0 Å². The van der Waals surface area contributed by atoms with Gasteiger partial charge in [0.1, 0.15) is 42.7 Å². The highest BCUT2D eigenvalue weighted by atomic mass is 16.9. The van der Waals surface area contributed by atoms with E-state index in [1.54, 1.807) is 0 Å². The molecule has 0 bridgehead atoms. The molecule has 2 aliphatic heterocycles. The first kappa shape index (κ1) is 19.8. The first-order chi connectivity index (χ1) is 11.2. The van der Waals surface area contributed by atoms with E-state index in [0.29, 0.717) is 0 Å². The van der Waals surface area contributed by atoms with Crippen molar-refractivity contribution in [3.05, 3.63) is 0 Å². The zero-order chi connectivity index (χ0) is 18.2. The highest BCUT2D eigenvalue weighted by Gasteiger charge is 2.58. The van der Waals surface area contributed by atoms with Crippen LogP contribution in [0, 0.1) is 0 Å². The van der Waals surface area contributed by atoms with Crippen molar-refractivity contribution >= 4 is 0 Å². The summed E-state index contributed by atoms with van der Waals surface area (Å²) in [5, 5.41) is 86.4. The lowest BCUT2D eigenvalue weighted by Crippen LogP contribution is -2.67. The minimum Gasteiger partial charge on any atom is -0.394 e. The van der Waals surface area contributed by atoms with E-state index < -0.39 is 74.3 Å². The zero-order valence-electron chi connectivity index (χ0n) is 12.4. The van der Waals surface area contributed by atoms with Crippen LogP contribution in [0.4, 0.5) is 0 Å². The molecular formula is C12H22O12. The van der Waals surface area contributed by atoms with Crippen molar-refractivity contribution in [2.45, 2.75) is 61.1 Å². The summed E-state index contributed by atoms with van der Waals surface area (Å²) in [5.41, 5.74) is 0. The van der Waals surface area contributed by atoms with Crippen LogP contribution in [0.3, 0.4) is 0 Å². The van der Waals surface area contributed by atoms with Crippen LogP contribution >= 0.6 is 0 Å². The summed E-state index contributed by atoms with van der Waals surface area (Å²) in [6.07, 6.45) is -15.7. The van der Waals surface area contributed by atoms with Crippen molar-refractivity contribution in [3.63, 3.8) is 0 Å². The molecule has 10 atom stereocenters. The Morgan fingerprint density at radius 2 is 1.58 bits per heavy atom. The Labute approximate surface area is 135 Å². The van der Waals surface area contributed by atoms with Gasteiger partial charge in [-0.25, -0.2) is 0 Å². The minimum absolute atomic E-state index is 0.790. The summed E-state index contributed by atoms with van der Waals surface area (Å²) < 4.78 is 14.7. The predicted octanol–water partition coefficient (Wildman–Crippen LogP) is -6.08. The first-order valence-electron chi connectivity index (χ1n) is 7.19. The number of rotatable bonds is 5. The second-order valence-corrected chi connectivity index (χ2v) is 5.71. The molecule has 0 saturated carbocycles. The maximum Gasteiger partial charge on any atom is 0.313 e. The van der Waals surface area contributed by atoms with Crippen LogP contribution in [-0.4, -0.2) is 120 Å². The molecule has 0 aromatic rings. The molecule has 2 rings (SSSR count). The molecule has 142 valence electrons. The van der Waals surface area contributed by atoms with Crippen LogP contribution in [0.5, 0.6) is 0 Å². The smallest absolute Gasteiger partial charge is 0.313 e. The molecule has 9 N–H and O–H groups in total. The van der Waals surface area contributed by atoms with E-state index >= 15 is 0 Å². The third-order valence-electron chi connectivity index (χ3n) is 4.04. The third-order valence-corrected chi connectivity index (χ3v) is 4.04. The average molecular weight is 358 g/mol. The Kier molecular flexibility index (Phi) is 6.12. The number of hydrogen-bond donors (Lipinski definition) is 9. The van der Waals surface area contributed by atoms with Gasteiger partial charge in [0, 0.05) is 0 Å². The van der Waals surface area contributed by atoms with E-state index in [2.05, 4.69) is 0 Å². The number of ether oxygens (including phenoxy) is 3. The fraction of sp³-hybridized carbons (Fsp3) is 1.00. The van der Waals surface area contributed by atoms with Crippen LogP contribution in [0.25, 0.3) is 0 Å². The molecule has 0 amide bonds.